The lowest BCUT2D eigenvalue weighted by molar-refractivity contribution is 0.0492. The van der Waals surface area contributed by atoms with Crippen LogP contribution in [-0.2, 0) is 4.74 Å². The number of carbonyl (C=O) groups excluding carboxylic acids is 1. The Labute approximate surface area is 164 Å². The smallest absolute Gasteiger partial charge is 0.407 e. The average Bonchev–Trinajstić information content (AvgIpc) is 2.62. The first-order chi connectivity index (χ1) is 13.3. The van der Waals surface area contributed by atoms with Gasteiger partial charge in [-0.1, -0.05) is 0 Å². The van der Waals surface area contributed by atoms with E-state index in [9.17, 15) is 9.18 Å². The molecule has 0 radical (unpaired) electrons. The Morgan fingerprint density at radius 3 is 2.54 bits per heavy atom. The first-order valence-corrected chi connectivity index (χ1v) is 9.49. The van der Waals surface area contributed by atoms with E-state index in [1.165, 1.54) is 12.5 Å². The third kappa shape index (κ3) is 5.61. The molecule has 3 rings (SSSR count). The third-order valence-corrected chi connectivity index (χ3v) is 4.50. The summed E-state index contributed by atoms with van der Waals surface area (Å²) in [4.78, 5) is 23.9. The van der Waals surface area contributed by atoms with Crippen LogP contribution in [0, 0.1) is 5.95 Å². The minimum Gasteiger partial charge on any atom is -0.444 e. The fourth-order valence-electron chi connectivity index (χ4n) is 3.23. The van der Waals surface area contributed by atoms with Gasteiger partial charge in [-0.3, -0.25) is 0 Å². The Hall–Kier alpha value is -2.77. The van der Waals surface area contributed by atoms with E-state index in [-0.39, 0.29) is 18.2 Å². The van der Waals surface area contributed by atoms with Crippen LogP contribution in [0.25, 0.3) is 11.3 Å². The number of alkyl carbamates (subject to hydrolysis) is 1. The van der Waals surface area contributed by atoms with Crippen molar-refractivity contribution in [3.05, 3.63) is 36.7 Å². The van der Waals surface area contributed by atoms with E-state index in [1.807, 2.05) is 20.8 Å². The van der Waals surface area contributed by atoms with Crippen LogP contribution in [0.1, 0.15) is 46.5 Å². The summed E-state index contributed by atoms with van der Waals surface area (Å²) in [6.45, 7) is 5.54. The lowest BCUT2D eigenvalue weighted by Gasteiger charge is -2.30. The molecule has 7 nitrogen and oxygen atoms in total. The summed E-state index contributed by atoms with van der Waals surface area (Å²) >= 11 is 0. The second-order valence-electron chi connectivity index (χ2n) is 7.97. The van der Waals surface area contributed by atoms with Crippen LogP contribution < -0.4 is 10.6 Å². The molecule has 0 aliphatic heterocycles. The number of rotatable bonds is 4. The molecule has 0 saturated heterocycles. The Balaban J connectivity index is 1.53. The van der Waals surface area contributed by atoms with Gasteiger partial charge in [-0.2, -0.15) is 4.39 Å². The molecule has 2 N–H and O–H groups in total. The summed E-state index contributed by atoms with van der Waals surface area (Å²) in [5, 5.41) is 6.32. The molecule has 1 aliphatic carbocycles. The highest BCUT2D eigenvalue weighted by Crippen LogP contribution is 2.24. The van der Waals surface area contributed by atoms with Gasteiger partial charge in [0, 0.05) is 24.3 Å². The number of hydrogen-bond acceptors (Lipinski definition) is 6. The molecular formula is C20H26FN5O2. The van der Waals surface area contributed by atoms with Crippen LogP contribution in [0.3, 0.4) is 0 Å². The zero-order valence-corrected chi connectivity index (χ0v) is 16.4. The number of amides is 1. The molecule has 2 aromatic heterocycles. The quantitative estimate of drug-likeness (QED) is 0.773. The van der Waals surface area contributed by atoms with Crippen molar-refractivity contribution in [3.8, 4) is 11.3 Å². The van der Waals surface area contributed by atoms with Gasteiger partial charge in [0.05, 0.1) is 11.3 Å². The monoisotopic (exact) mass is 387 g/mol. The molecule has 0 spiro atoms. The molecule has 8 heteroatoms. The molecule has 1 saturated carbocycles. The molecule has 0 atom stereocenters. The van der Waals surface area contributed by atoms with Gasteiger partial charge in [-0.25, -0.2) is 19.7 Å². The number of nitrogens with zero attached hydrogens (tertiary/aromatic N) is 3. The molecule has 1 fully saturated rings. The van der Waals surface area contributed by atoms with E-state index in [1.54, 1.807) is 18.2 Å². The van der Waals surface area contributed by atoms with E-state index < -0.39 is 11.5 Å². The maximum atomic E-state index is 13.9. The topological polar surface area (TPSA) is 89.0 Å². The van der Waals surface area contributed by atoms with Gasteiger partial charge in [0.25, 0.3) is 0 Å². The fourth-order valence-corrected chi connectivity index (χ4v) is 3.23. The first-order valence-electron chi connectivity index (χ1n) is 9.49. The van der Waals surface area contributed by atoms with Crippen molar-refractivity contribution in [2.75, 3.05) is 5.32 Å². The van der Waals surface area contributed by atoms with Gasteiger partial charge >= 0.3 is 6.09 Å². The molecule has 1 amide bonds. The normalized spacial score (nSPS) is 19.7. The van der Waals surface area contributed by atoms with E-state index in [0.717, 1.165) is 25.7 Å². The number of ether oxygens (including phenoxy) is 1. The number of halogens is 1. The second-order valence-corrected chi connectivity index (χ2v) is 7.97. The van der Waals surface area contributed by atoms with E-state index in [4.69, 9.17) is 4.74 Å². The predicted molar refractivity (Wildman–Crippen MR) is 104 cm³/mol. The molecule has 0 unspecified atom stereocenters. The number of aromatic nitrogens is 3. The molecular weight excluding hydrogens is 361 g/mol. The molecule has 2 aromatic rings. The van der Waals surface area contributed by atoms with Crippen molar-refractivity contribution in [3.63, 3.8) is 0 Å². The van der Waals surface area contributed by atoms with Crippen molar-refractivity contribution in [1.82, 2.24) is 20.3 Å². The summed E-state index contributed by atoms with van der Waals surface area (Å²) in [7, 11) is 0. The average molecular weight is 387 g/mol. The summed E-state index contributed by atoms with van der Waals surface area (Å²) < 4.78 is 19.2. The standard InChI is InChI=1S/C20H26FN5O2/c1-20(2,3)28-19(27)26-14-8-6-13(7-9-14)25-17-11-16(23-12-24-17)15-5-4-10-22-18(15)21/h4-5,10-14H,6-9H2,1-3H3,(H,26,27)(H,23,24,25). The first kappa shape index (κ1) is 20.0. The lowest BCUT2D eigenvalue weighted by Crippen LogP contribution is -2.42. The van der Waals surface area contributed by atoms with E-state index in [0.29, 0.717) is 17.1 Å². The van der Waals surface area contributed by atoms with Gasteiger partial charge in [0.15, 0.2) is 0 Å². The number of nitrogens with one attached hydrogen (secondary N) is 2. The largest absolute Gasteiger partial charge is 0.444 e. The Morgan fingerprint density at radius 1 is 1.14 bits per heavy atom. The lowest BCUT2D eigenvalue weighted by atomic mass is 9.91. The molecule has 0 aromatic carbocycles. The number of carbonyl (C=O) groups is 1. The zero-order chi connectivity index (χ0) is 20.1. The molecule has 1 aliphatic rings. The number of pyridine rings is 1. The summed E-state index contributed by atoms with van der Waals surface area (Å²) in [6, 6.07) is 5.39. The zero-order valence-electron chi connectivity index (χ0n) is 16.4. The summed E-state index contributed by atoms with van der Waals surface area (Å²) in [5.41, 5.74) is 0.336. The minimum absolute atomic E-state index is 0.110. The SMILES string of the molecule is CC(C)(C)OC(=O)NC1CCC(Nc2cc(-c3cccnc3F)ncn2)CC1. The van der Waals surface area contributed by atoms with Gasteiger partial charge in [-0.15, -0.1) is 0 Å². The van der Waals surface area contributed by atoms with Crippen LogP contribution in [0.15, 0.2) is 30.7 Å². The van der Waals surface area contributed by atoms with Crippen molar-refractivity contribution in [1.29, 1.82) is 0 Å². The highest BCUT2D eigenvalue weighted by molar-refractivity contribution is 5.68. The predicted octanol–water partition coefficient (Wildman–Crippen LogP) is 3.93. The maximum absolute atomic E-state index is 13.9. The van der Waals surface area contributed by atoms with Crippen LogP contribution in [0.5, 0.6) is 0 Å². The van der Waals surface area contributed by atoms with E-state index >= 15 is 0 Å². The maximum Gasteiger partial charge on any atom is 0.407 e. The van der Waals surface area contributed by atoms with Gasteiger partial charge < -0.3 is 15.4 Å². The molecule has 0 bridgehead atoms. The highest BCUT2D eigenvalue weighted by Gasteiger charge is 2.25. The van der Waals surface area contributed by atoms with E-state index in [2.05, 4.69) is 25.6 Å². The van der Waals surface area contributed by atoms with Gasteiger partial charge in [-0.05, 0) is 58.6 Å². The Bertz CT molecular complexity index is 816. The van der Waals surface area contributed by atoms with Crippen molar-refractivity contribution < 1.29 is 13.9 Å². The molecule has 2 heterocycles. The Morgan fingerprint density at radius 2 is 1.86 bits per heavy atom. The highest BCUT2D eigenvalue weighted by atomic mass is 19.1. The van der Waals surface area contributed by atoms with Crippen molar-refractivity contribution >= 4 is 11.9 Å². The fraction of sp³-hybridized carbons (Fsp3) is 0.500. The second kappa shape index (κ2) is 8.50. The Kier molecular flexibility index (Phi) is 6.06. The molecule has 150 valence electrons. The summed E-state index contributed by atoms with van der Waals surface area (Å²) in [5.74, 6) is 0.0951. The van der Waals surface area contributed by atoms with Gasteiger partial charge in [0.2, 0.25) is 5.95 Å². The number of hydrogen-bond donors (Lipinski definition) is 2. The van der Waals surface area contributed by atoms with Crippen LogP contribution in [0.4, 0.5) is 15.0 Å². The van der Waals surface area contributed by atoms with Crippen molar-refractivity contribution in [2.24, 2.45) is 0 Å². The number of anilines is 1. The summed E-state index contributed by atoms with van der Waals surface area (Å²) in [6.07, 6.45) is 5.94. The minimum atomic E-state index is -0.555. The van der Waals surface area contributed by atoms with Crippen LogP contribution in [0.2, 0.25) is 0 Å². The third-order valence-electron chi connectivity index (χ3n) is 4.50. The molecule has 28 heavy (non-hydrogen) atoms. The van der Waals surface area contributed by atoms with Crippen LogP contribution in [-0.4, -0.2) is 38.7 Å². The van der Waals surface area contributed by atoms with Crippen LogP contribution >= 0.6 is 0 Å². The van der Waals surface area contributed by atoms with Crippen molar-refractivity contribution in [2.45, 2.75) is 64.1 Å². The van der Waals surface area contributed by atoms with Gasteiger partial charge in [0.1, 0.15) is 17.7 Å².